The number of ether oxygens (including phenoxy) is 3. The summed E-state index contributed by atoms with van der Waals surface area (Å²) in [5.41, 5.74) is 0.396. The van der Waals surface area contributed by atoms with Crippen LogP contribution < -0.4 is 14.8 Å². The molecule has 1 amide bonds. The highest BCUT2D eigenvalue weighted by molar-refractivity contribution is 5.96. The lowest BCUT2D eigenvalue weighted by Crippen LogP contribution is -2.31. The Labute approximate surface area is 149 Å². The summed E-state index contributed by atoms with van der Waals surface area (Å²) in [4.78, 5) is 23.6. The molecule has 0 fully saturated rings. The third kappa shape index (κ3) is 7.92. The van der Waals surface area contributed by atoms with E-state index in [1.165, 1.54) is 20.0 Å². The zero-order valence-electron chi connectivity index (χ0n) is 15.6. The SMILES string of the molecule is CCCCCCOc1ccc(C(=O)NCC(=O)OC(C)C)cc1OC. The summed E-state index contributed by atoms with van der Waals surface area (Å²) in [6, 6.07) is 4.96. The number of rotatable bonds is 11. The predicted molar refractivity (Wildman–Crippen MR) is 96.2 cm³/mol. The molecule has 0 spiro atoms. The number of carbonyl (C=O) groups excluding carboxylic acids is 2. The minimum absolute atomic E-state index is 0.172. The van der Waals surface area contributed by atoms with E-state index in [2.05, 4.69) is 12.2 Å². The van der Waals surface area contributed by atoms with Crippen LogP contribution in [0.5, 0.6) is 11.5 Å². The van der Waals surface area contributed by atoms with Gasteiger partial charge in [-0.25, -0.2) is 0 Å². The normalized spacial score (nSPS) is 10.4. The molecule has 1 aromatic carbocycles. The van der Waals surface area contributed by atoms with Gasteiger partial charge in [0.2, 0.25) is 0 Å². The molecule has 0 aromatic heterocycles. The highest BCUT2D eigenvalue weighted by atomic mass is 16.5. The van der Waals surface area contributed by atoms with Gasteiger partial charge in [-0.05, 0) is 38.5 Å². The Hall–Kier alpha value is -2.24. The molecule has 0 radical (unpaired) electrons. The Morgan fingerprint density at radius 3 is 2.52 bits per heavy atom. The standard InChI is InChI=1S/C19H29NO5/c1-5-6-7-8-11-24-16-10-9-15(12-17(16)23-4)19(22)20-13-18(21)25-14(2)3/h9-10,12,14H,5-8,11,13H2,1-4H3,(H,20,22). The van der Waals surface area contributed by atoms with Crippen LogP contribution in [-0.2, 0) is 9.53 Å². The second kappa shape index (κ2) is 11.3. The van der Waals surface area contributed by atoms with Gasteiger partial charge >= 0.3 is 5.97 Å². The molecule has 6 heteroatoms. The van der Waals surface area contributed by atoms with Gasteiger partial charge in [-0.3, -0.25) is 9.59 Å². The smallest absolute Gasteiger partial charge is 0.325 e. The van der Waals surface area contributed by atoms with E-state index in [0.717, 1.165) is 12.8 Å². The number of hydrogen-bond acceptors (Lipinski definition) is 5. The number of unbranched alkanes of at least 4 members (excludes halogenated alkanes) is 3. The molecule has 0 aliphatic rings. The Morgan fingerprint density at radius 1 is 1.12 bits per heavy atom. The third-order valence-electron chi connectivity index (χ3n) is 3.44. The van der Waals surface area contributed by atoms with Gasteiger partial charge in [0.25, 0.3) is 5.91 Å². The van der Waals surface area contributed by atoms with Crippen molar-refractivity contribution in [2.45, 2.75) is 52.6 Å². The Morgan fingerprint density at radius 2 is 1.88 bits per heavy atom. The first kappa shape index (κ1) is 20.8. The predicted octanol–water partition coefficient (Wildman–Crippen LogP) is 3.34. The molecule has 6 nitrogen and oxygen atoms in total. The average Bonchev–Trinajstić information content (AvgIpc) is 2.59. The first-order chi connectivity index (χ1) is 12.0. The van der Waals surface area contributed by atoms with Crippen molar-refractivity contribution in [1.29, 1.82) is 0 Å². The van der Waals surface area contributed by atoms with Gasteiger partial charge in [0.05, 0.1) is 19.8 Å². The van der Waals surface area contributed by atoms with Gasteiger partial charge in [0.1, 0.15) is 6.54 Å². The van der Waals surface area contributed by atoms with E-state index >= 15 is 0 Å². The fraction of sp³-hybridized carbons (Fsp3) is 0.579. The molecule has 0 unspecified atom stereocenters. The number of benzene rings is 1. The second-order valence-electron chi connectivity index (χ2n) is 6.00. The largest absolute Gasteiger partial charge is 0.493 e. The number of nitrogens with one attached hydrogen (secondary N) is 1. The molecule has 140 valence electrons. The number of esters is 1. The molecule has 0 saturated carbocycles. The highest BCUT2D eigenvalue weighted by Gasteiger charge is 2.13. The van der Waals surface area contributed by atoms with Crippen molar-refractivity contribution in [1.82, 2.24) is 5.32 Å². The van der Waals surface area contributed by atoms with E-state index in [0.29, 0.717) is 23.7 Å². The van der Waals surface area contributed by atoms with Crippen LogP contribution in [0.4, 0.5) is 0 Å². The lowest BCUT2D eigenvalue weighted by Gasteiger charge is -2.12. The summed E-state index contributed by atoms with van der Waals surface area (Å²) in [5.74, 6) is 0.263. The van der Waals surface area contributed by atoms with Crippen molar-refractivity contribution >= 4 is 11.9 Å². The van der Waals surface area contributed by atoms with Crippen molar-refractivity contribution in [3.05, 3.63) is 23.8 Å². The number of hydrogen-bond donors (Lipinski definition) is 1. The number of methoxy groups -OCH3 is 1. The maximum absolute atomic E-state index is 12.1. The van der Waals surface area contributed by atoms with E-state index in [4.69, 9.17) is 14.2 Å². The molecule has 0 aliphatic heterocycles. The van der Waals surface area contributed by atoms with Crippen LogP contribution in [0.1, 0.15) is 56.8 Å². The van der Waals surface area contributed by atoms with Crippen LogP contribution in [0, 0.1) is 0 Å². The second-order valence-corrected chi connectivity index (χ2v) is 6.00. The van der Waals surface area contributed by atoms with Gasteiger partial charge in [-0.2, -0.15) is 0 Å². The van der Waals surface area contributed by atoms with E-state index in [9.17, 15) is 9.59 Å². The molecule has 1 aromatic rings. The minimum atomic E-state index is -0.470. The van der Waals surface area contributed by atoms with Crippen LogP contribution in [0.25, 0.3) is 0 Å². The van der Waals surface area contributed by atoms with Crippen LogP contribution in [-0.4, -0.2) is 38.2 Å². The van der Waals surface area contributed by atoms with Crippen LogP contribution in [0.3, 0.4) is 0 Å². The van der Waals surface area contributed by atoms with E-state index < -0.39 is 5.97 Å². The Bertz CT molecular complexity index is 557. The highest BCUT2D eigenvalue weighted by Crippen LogP contribution is 2.28. The molecule has 0 aliphatic carbocycles. The summed E-state index contributed by atoms with van der Waals surface area (Å²) in [6.45, 7) is 6.12. The average molecular weight is 351 g/mol. The summed E-state index contributed by atoms with van der Waals surface area (Å²) >= 11 is 0. The van der Waals surface area contributed by atoms with Crippen LogP contribution in [0.15, 0.2) is 18.2 Å². The van der Waals surface area contributed by atoms with Crippen LogP contribution in [0.2, 0.25) is 0 Å². The molecular formula is C19H29NO5. The quantitative estimate of drug-likeness (QED) is 0.489. The summed E-state index contributed by atoms with van der Waals surface area (Å²) < 4.78 is 16.0. The van der Waals surface area contributed by atoms with E-state index in [1.54, 1.807) is 32.0 Å². The molecule has 0 heterocycles. The maximum atomic E-state index is 12.1. The Balaban J connectivity index is 2.57. The lowest BCUT2D eigenvalue weighted by atomic mass is 10.2. The molecular weight excluding hydrogens is 322 g/mol. The van der Waals surface area contributed by atoms with Gasteiger partial charge in [-0.1, -0.05) is 26.2 Å². The third-order valence-corrected chi connectivity index (χ3v) is 3.44. The summed E-state index contributed by atoms with van der Waals surface area (Å²) in [6.07, 6.45) is 4.28. The van der Waals surface area contributed by atoms with Gasteiger partial charge in [0.15, 0.2) is 11.5 Å². The molecule has 0 bridgehead atoms. The summed E-state index contributed by atoms with van der Waals surface area (Å²) in [7, 11) is 1.53. The molecule has 1 rings (SSSR count). The number of carbonyl (C=O) groups is 2. The molecule has 0 atom stereocenters. The van der Waals surface area contributed by atoms with E-state index in [1.807, 2.05) is 0 Å². The first-order valence-electron chi connectivity index (χ1n) is 8.76. The zero-order valence-corrected chi connectivity index (χ0v) is 15.6. The fourth-order valence-corrected chi connectivity index (χ4v) is 2.20. The van der Waals surface area contributed by atoms with Gasteiger partial charge in [-0.15, -0.1) is 0 Å². The monoisotopic (exact) mass is 351 g/mol. The Kier molecular flexibility index (Phi) is 9.43. The zero-order chi connectivity index (χ0) is 18.7. The first-order valence-corrected chi connectivity index (χ1v) is 8.76. The molecule has 0 saturated heterocycles. The summed E-state index contributed by atoms with van der Waals surface area (Å²) in [5, 5.41) is 2.53. The van der Waals surface area contributed by atoms with Gasteiger partial charge < -0.3 is 19.5 Å². The van der Waals surface area contributed by atoms with Crippen molar-refractivity contribution in [3.8, 4) is 11.5 Å². The fourth-order valence-electron chi connectivity index (χ4n) is 2.20. The van der Waals surface area contributed by atoms with Crippen molar-refractivity contribution < 1.29 is 23.8 Å². The number of amides is 1. The van der Waals surface area contributed by atoms with Crippen molar-refractivity contribution in [2.24, 2.45) is 0 Å². The van der Waals surface area contributed by atoms with Crippen LogP contribution >= 0.6 is 0 Å². The van der Waals surface area contributed by atoms with Crippen molar-refractivity contribution in [3.63, 3.8) is 0 Å². The topological polar surface area (TPSA) is 73.9 Å². The maximum Gasteiger partial charge on any atom is 0.325 e. The molecule has 25 heavy (non-hydrogen) atoms. The van der Waals surface area contributed by atoms with E-state index in [-0.39, 0.29) is 18.6 Å². The molecule has 1 N–H and O–H groups in total. The van der Waals surface area contributed by atoms with Gasteiger partial charge in [0, 0.05) is 5.56 Å². The minimum Gasteiger partial charge on any atom is -0.493 e. The lowest BCUT2D eigenvalue weighted by molar-refractivity contribution is -0.146. The van der Waals surface area contributed by atoms with Crippen molar-refractivity contribution in [2.75, 3.05) is 20.3 Å².